The Kier molecular flexibility index (Phi) is 19.6. The third-order valence-electron chi connectivity index (χ3n) is 4.68. The van der Waals surface area contributed by atoms with E-state index in [1.54, 1.807) is 0 Å². The van der Waals surface area contributed by atoms with E-state index < -0.39 is 0 Å². The van der Waals surface area contributed by atoms with Gasteiger partial charge in [0.15, 0.2) is 0 Å². The summed E-state index contributed by atoms with van der Waals surface area (Å²) in [5.41, 5.74) is 0. The fraction of sp³-hybridized carbons (Fsp3) is 0.846. The summed E-state index contributed by atoms with van der Waals surface area (Å²) in [7, 11) is 6.53. The molecule has 3 nitrogen and oxygen atoms in total. The lowest BCUT2D eigenvalue weighted by Gasteiger charge is -2.28. The van der Waals surface area contributed by atoms with Crippen LogP contribution in [0.2, 0.25) is 0 Å². The van der Waals surface area contributed by atoms with Gasteiger partial charge in [-0.2, -0.15) is 0 Å². The van der Waals surface area contributed by atoms with Crippen LogP contribution in [-0.4, -0.2) is 58.1 Å². The molecule has 0 fully saturated rings. The lowest BCUT2D eigenvalue weighted by Crippen LogP contribution is -2.44. The maximum atomic E-state index is 5.98. The van der Waals surface area contributed by atoms with Gasteiger partial charge in [-0.15, -0.1) is 11.8 Å². The first-order chi connectivity index (χ1) is 14.0. The van der Waals surface area contributed by atoms with Gasteiger partial charge in [-0.1, -0.05) is 77.1 Å². The second-order valence-corrected chi connectivity index (χ2v) is 8.96. The van der Waals surface area contributed by atoms with Gasteiger partial charge in [0, 0.05) is 12.8 Å². The molecule has 1 atom stereocenters. The van der Waals surface area contributed by atoms with Crippen LogP contribution in [0.3, 0.4) is 0 Å². The number of hydrogen-bond donors (Lipinski definition) is 0. The molecule has 0 bridgehead atoms. The van der Waals surface area contributed by atoms with E-state index in [4.69, 9.17) is 9.47 Å². The van der Waals surface area contributed by atoms with E-state index in [1.807, 2.05) is 0 Å². The molecule has 0 aromatic carbocycles. The van der Waals surface area contributed by atoms with Crippen LogP contribution in [-0.2, 0) is 9.47 Å². The van der Waals surface area contributed by atoms with E-state index in [9.17, 15) is 0 Å². The van der Waals surface area contributed by atoms with Crippen LogP contribution < -0.4 is 0 Å². The van der Waals surface area contributed by atoms with Crippen LogP contribution in [0.1, 0.15) is 90.9 Å². The number of ether oxygens (including phenoxy) is 2. The van der Waals surface area contributed by atoms with Gasteiger partial charge in [0.1, 0.15) is 25.9 Å². The summed E-state index contributed by atoms with van der Waals surface area (Å²) >= 11 is 0. The Bertz CT molecular complexity index is 473. The van der Waals surface area contributed by atoms with Crippen LogP contribution in [0.15, 0.2) is 0 Å². The van der Waals surface area contributed by atoms with Crippen LogP contribution in [0.4, 0.5) is 0 Å². The molecule has 0 saturated carbocycles. The highest BCUT2D eigenvalue weighted by atomic mass is 16.5. The van der Waals surface area contributed by atoms with Crippen molar-refractivity contribution in [3.05, 3.63) is 0 Å². The van der Waals surface area contributed by atoms with Crippen molar-refractivity contribution in [2.75, 3.05) is 47.5 Å². The van der Waals surface area contributed by atoms with Gasteiger partial charge in [0.2, 0.25) is 0 Å². The molecule has 29 heavy (non-hydrogen) atoms. The number of unbranched alkanes of at least 4 members (excludes halogenated alkanes) is 10. The van der Waals surface area contributed by atoms with E-state index in [0.29, 0.717) is 19.8 Å². The Labute approximate surface area is 182 Å². The maximum Gasteiger partial charge on any atom is 0.131 e. The highest BCUT2D eigenvalue weighted by Gasteiger charge is 2.18. The molecule has 0 spiro atoms. The van der Waals surface area contributed by atoms with Crippen molar-refractivity contribution in [3.63, 3.8) is 0 Å². The predicted molar refractivity (Wildman–Crippen MR) is 126 cm³/mol. The van der Waals surface area contributed by atoms with Gasteiger partial charge in [-0.3, -0.25) is 0 Å². The molecule has 1 unspecified atom stereocenters. The molecule has 0 aromatic heterocycles. The van der Waals surface area contributed by atoms with Crippen molar-refractivity contribution >= 4 is 0 Å². The molecule has 0 aromatic rings. The van der Waals surface area contributed by atoms with Crippen LogP contribution in [0.5, 0.6) is 0 Å². The Morgan fingerprint density at radius 2 is 1.17 bits per heavy atom. The van der Waals surface area contributed by atoms with Crippen molar-refractivity contribution in [1.82, 2.24) is 0 Å². The molecule has 0 N–H and O–H groups in total. The Morgan fingerprint density at radius 1 is 0.655 bits per heavy atom. The lowest BCUT2D eigenvalue weighted by atomic mass is 10.1. The summed E-state index contributed by atoms with van der Waals surface area (Å²) in [6.07, 6.45) is 15.0. The van der Waals surface area contributed by atoms with E-state index in [-0.39, 0.29) is 6.10 Å². The monoisotopic (exact) mass is 406 g/mol. The number of rotatable bonds is 17. The molecular formula is C26H48NO2+. The Hall–Kier alpha value is -1.00. The quantitative estimate of drug-likeness (QED) is 0.172. The maximum absolute atomic E-state index is 5.98. The predicted octanol–water partition coefficient (Wildman–Crippen LogP) is 5.82. The fourth-order valence-corrected chi connectivity index (χ4v) is 3.08. The van der Waals surface area contributed by atoms with Gasteiger partial charge in [-0.05, 0) is 12.8 Å². The molecule has 0 aliphatic rings. The smallest absolute Gasteiger partial charge is 0.131 e. The van der Waals surface area contributed by atoms with E-state index in [1.165, 1.54) is 64.2 Å². The van der Waals surface area contributed by atoms with E-state index in [2.05, 4.69) is 58.7 Å². The number of quaternary nitrogens is 1. The van der Waals surface area contributed by atoms with Gasteiger partial charge in [-0.25, -0.2) is 0 Å². The van der Waals surface area contributed by atoms with E-state index >= 15 is 0 Å². The first-order valence-corrected chi connectivity index (χ1v) is 11.9. The normalized spacial score (nSPS) is 12.0. The van der Waals surface area contributed by atoms with Crippen molar-refractivity contribution in [2.45, 2.75) is 97.0 Å². The zero-order chi connectivity index (χ0) is 21.6. The third-order valence-corrected chi connectivity index (χ3v) is 4.68. The van der Waals surface area contributed by atoms with Crippen LogP contribution in [0, 0.1) is 23.7 Å². The first-order valence-electron chi connectivity index (χ1n) is 11.9. The average Bonchev–Trinajstić information content (AvgIpc) is 2.66. The zero-order valence-electron chi connectivity index (χ0n) is 20.2. The number of nitrogens with zero attached hydrogens (tertiary/aromatic N) is 1. The third kappa shape index (κ3) is 23.1. The largest absolute Gasteiger partial charge is 0.366 e. The summed E-state index contributed by atoms with van der Waals surface area (Å²) < 4.78 is 12.6. The lowest BCUT2D eigenvalue weighted by molar-refractivity contribution is -0.873. The molecule has 0 aliphatic heterocycles. The van der Waals surface area contributed by atoms with Gasteiger partial charge < -0.3 is 14.0 Å². The van der Waals surface area contributed by atoms with Crippen molar-refractivity contribution in [3.8, 4) is 23.7 Å². The highest BCUT2D eigenvalue weighted by Crippen LogP contribution is 2.05. The van der Waals surface area contributed by atoms with Crippen molar-refractivity contribution in [1.29, 1.82) is 0 Å². The zero-order valence-corrected chi connectivity index (χ0v) is 20.2. The molecule has 0 radical (unpaired) electrons. The topological polar surface area (TPSA) is 18.5 Å². The van der Waals surface area contributed by atoms with E-state index in [0.717, 1.165) is 23.9 Å². The Balaban J connectivity index is 3.98. The molecular weight excluding hydrogens is 358 g/mol. The highest BCUT2D eigenvalue weighted by molar-refractivity contribution is 4.99. The fourth-order valence-electron chi connectivity index (χ4n) is 3.08. The summed E-state index contributed by atoms with van der Waals surface area (Å²) in [5.74, 6) is 12.8. The number of likely N-dealkylation sites (N-methyl/N-ethyl adjacent to an activating group) is 1. The minimum absolute atomic E-state index is 0.0599. The molecule has 3 heteroatoms. The molecule has 0 rings (SSSR count). The van der Waals surface area contributed by atoms with Crippen molar-refractivity contribution in [2.24, 2.45) is 0 Å². The van der Waals surface area contributed by atoms with Gasteiger partial charge >= 0.3 is 0 Å². The number of hydrogen-bond acceptors (Lipinski definition) is 2. The first kappa shape index (κ1) is 28.0. The minimum atomic E-state index is 0.0599. The van der Waals surface area contributed by atoms with Crippen LogP contribution in [0.25, 0.3) is 0 Å². The summed E-state index contributed by atoms with van der Waals surface area (Å²) in [6, 6.07) is 0. The summed E-state index contributed by atoms with van der Waals surface area (Å²) in [6.45, 7) is 6.97. The summed E-state index contributed by atoms with van der Waals surface area (Å²) in [4.78, 5) is 0. The van der Waals surface area contributed by atoms with Gasteiger partial charge in [0.25, 0.3) is 0 Å². The van der Waals surface area contributed by atoms with Gasteiger partial charge in [0.05, 0.1) is 27.7 Å². The second-order valence-electron chi connectivity index (χ2n) is 8.96. The molecule has 0 saturated heterocycles. The molecule has 0 heterocycles. The SMILES string of the molecule is CCCCCCCC#CCOCC(C[N+](C)(C)C)OCC#CCCCCCCC. The second kappa shape index (κ2) is 20.3. The Morgan fingerprint density at radius 3 is 1.69 bits per heavy atom. The van der Waals surface area contributed by atoms with Crippen molar-refractivity contribution < 1.29 is 14.0 Å². The summed E-state index contributed by atoms with van der Waals surface area (Å²) in [5, 5.41) is 0. The molecule has 0 aliphatic carbocycles. The standard InChI is InChI=1S/C26H48NO2/c1-6-8-10-12-14-16-18-20-22-28-25-26(24-27(3,4)5)29-23-21-19-17-15-13-11-9-7-2/h26H,6-17,22-25H2,1-5H3/q+1. The molecule has 168 valence electrons. The average molecular weight is 407 g/mol. The minimum Gasteiger partial charge on any atom is -0.366 e. The molecule has 0 amide bonds. The van der Waals surface area contributed by atoms with Crippen LogP contribution >= 0.6 is 0 Å².